The van der Waals surface area contributed by atoms with Gasteiger partial charge in [0.15, 0.2) is 0 Å². The molecule has 0 aliphatic carbocycles. The molecule has 0 amide bonds. The topological polar surface area (TPSA) is 108 Å². The predicted molar refractivity (Wildman–Crippen MR) is 74.8 cm³/mol. The van der Waals surface area contributed by atoms with E-state index in [0.717, 1.165) is 0 Å². The second-order valence-electron chi connectivity index (χ2n) is 3.93. The zero-order valence-corrected chi connectivity index (χ0v) is 12.0. The Labute approximate surface area is 118 Å². The van der Waals surface area contributed by atoms with E-state index in [0.29, 0.717) is 11.4 Å². The third-order valence-corrected chi connectivity index (χ3v) is 3.79. The number of carbonyl (C=O) groups excluding carboxylic acids is 1. The van der Waals surface area contributed by atoms with Crippen LogP contribution in [0.5, 0.6) is 5.75 Å². The van der Waals surface area contributed by atoms with E-state index in [2.05, 4.69) is 9.46 Å². The number of nitrogens with two attached hydrogens (primary N) is 1. The Hall–Kier alpha value is -1.80. The van der Waals surface area contributed by atoms with Crippen LogP contribution < -0.4 is 15.2 Å². The molecule has 20 heavy (non-hydrogen) atoms. The highest BCUT2D eigenvalue weighted by molar-refractivity contribution is 7.89. The van der Waals surface area contributed by atoms with Gasteiger partial charge in [0.25, 0.3) is 0 Å². The van der Waals surface area contributed by atoms with Gasteiger partial charge in [0, 0.05) is 6.54 Å². The standard InChI is InChI=1S/C12H18N2O5S/c1-18-12(15)6-9-20(16,17)14-7-8-19-11-5-3-2-4-10(11)13/h2-5,14H,6-9,13H2,1H3. The van der Waals surface area contributed by atoms with Gasteiger partial charge in [0.1, 0.15) is 12.4 Å². The number of anilines is 1. The Morgan fingerprint density at radius 2 is 2.05 bits per heavy atom. The van der Waals surface area contributed by atoms with Crippen molar-refractivity contribution in [1.29, 1.82) is 0 Å². The lowest BCUT2D eigenvalue weighted by molar-refractivity contribution is -0.140. The van der Waals surface area contributed by atoms with Crippen LogP contribution in [0, 0.1) is 0 Å². The molecule has 0 saturated heterocycles. The van der Waals surface area contributed by atoms with Gasteiger partial charge in [-0.25, -0.2) is 13.1 Å². The predicted octanol–water partition coefficient (Wildman–Crippen LogP) is 0.130. The van der Waals surface area contributed by atoms with E-state index in [9.17, 15) is 13.2 Å². The van der Waals surface area contributed by atoms with Crippen molar-refractivity contribution < 1.29 is 22.7 Å². The SMILES string of the molecule is COC(=O)CCS(=O)(=O)NCCOc1ccccc1N. The van der Waals surface area contributed by atoms with E-state index in [1.165, 1.54) is 7.11 Å². The van der Waals surface area contributed by atoms with Crippen LogP contribution in [0.15, 0.2) is 24.3 Å². The van der Waals surface area contributed by atoms with Crippen molar-refractivity contribution in [2.45, 2.75) is 6.42 Å². The molecule has 0 aliphatic rings. The largest absolute Gasteiger partial charge is 0.490 e. The fourth-order valence-corrected chi connectivity index (χ4v) is 2.34. The van der Waals surface area contributed by atoms with Crippen molar-refractivity contribution >= 4 is 21.7 Å². The van der Waals surface area contributed by atoms with Gasteiger partial charge in [0.05, 0.1) is 25.0 Å². The van der Waals surface area contributed by atoms with E-state index >= 15 is 0 Å². The van der Waals surface area contributed by atoms with Crippen LogP contribution >= 0.6 is 0 Å². The normalized spacial score (nSPS) is 11.1. The maximum atomic E-state index is 11.5. The molecular formula is C12H18N2O5S. The lowest BCUT2D eigenvalue weighted by atomic mass is 10.3. The minimum atomic E-state index is -3.51. The molecule has 0 heterocycles. The third kappa shape index (κ3) is 5.89. The lowest BCUT2D eigenvalue weighted by Gasteiger charge is -2.09. The molecule has 0 saturated carbocycles. The Morgan fingerprint density at radius 1 is 1.35 bits per heavy atom. The van der Waals surface area contributed by atoms with Crippen LogP contribution in [0.25, 0.3) is 0 Å². The van der Waals surface area contributed by atoms with Crippen molar-refractivity contribution in [3.63, 3.8) is 0 Å². The summed E-state index contributed by atoms with van der Waals surface area (Å²) in [6.45, 7) is 0.240. The van der Waals surface area contributed by atoms with Gasteiger partial charge < -0.3 is 15.2 Å². The molecule has 0 atom stereocenters. The number of hydrogen-bond acceptors (Lipinski definition) is 6. The summed E-state index contributed by atoms with van der Waals surface area (Å²) in [5.74, 6) is -0.377. The van der Waals surface area contributed by atoms with E-state index in [-0.39, 0.29) is 25.3 Å². The number of methoxy groups -OCH3 is 1. The van der Waals surface area contributed by atoms with Crippen LogP contribution in [0.3, 0.4) is 0 Å². The first-order valence-electron chi connectivity index (χ1n) is 5.96. The summed E-state index contributed by atoms with van der Waals surface area (Å²) in [6.07, 6.45) is -0.182. The molecule has 1 aromatic carbocycles. The summed E-state index contributed by atoms with van der Waals surface area (Å²) in [6, 6.07) is 6.93. The van der Waals surface area contributed by atoms with Gasteiger partial charge >= 0.3 is 5.97 Å². The Balaban J connectivity index is 2.30. The molecule has 1 aromatic rings. The fraction of sp³-hybridized carbons (Fsp3) is 0.417. The molecule has 0 aromatic heterocycles. The number of carbonyl (C=O) groups is 1. The second kappa shape index (κ2) is 7.71. The molecule has 0 bridgehead atoms. The van der Waals surface area contributed by atoms with Gasteiger partial charge in [-0.1, -0.05) is 12.1 Å². The van der Waals surface area contributed by atoms with Gasteiger partial charge in [-0.15, -0.1) is 0 Å². The van der Waals surface area contributed by atoms with Crippen LogP contribution in [-0.2, 0) is 19.6 Å². The molecular weight excluding hydrogens is 284 g/mol. The summed E-state index contributed by atoms with van der Waals surface area (Å²) in [5.41, 5.74) is 6.16. The Kier molecular flexibility index (Phi) is 6.26. The lowest BCUT2D eigenvalue weighted by Crippen LogP contribution is -2.31. The van der Waals surface area contributed by atoms with Gasteiger partial charge in [-0.3, -0.25) is 4.79 Å². The van der Waals surface area contributed by atoms with Crippen molar-refractivity contribution in [2.75, 3.05) is 31.7 Å². The van der Waals surface area contributed by atoms with E-state index < -0.39 is 16.0 Å². The third-order valence-electron chi connectivity index (χ3n) is 2.40. The number of ether oxygens (including phenoxy) is 2. The van der Waals surface area contributed by atoms with E-state index in [1.807, 2.05) is 0 Å². The highest BCUT2D eigenvalue weighted by Crippen LogP contribution is 2.19. The van der Waals surface area contributed by atoms with Crippen LogP contribution in [0.2, 0.25) is 0 Å². The first-order valence-corrected chi connectivity index (χ1v) is 7.61. The first kappa shape index (κ1) is 16.3. The minimum Gasteiger partial charge on any atom is -0.490 e. The average molecular weight is 302 g/mol. The first-order chi connectivity index (χ1) is 9.44. The average Bonchev–Trinajstić information content (AvgIpc) is 2.43. The number of nitrogens with one attached hydrogen (secondary N) is 1. The number of para-hydroxylation sites is 2. The summed E-state index contributed by atoms with van der Waals surface area (Å²) < 4.78 is 35.1. The number of rotatable bonds is 8. The van der Waals surface area contributed by atoms with Crippen molar-refractivity contribution in [3.05, 3.63) is 24.3 Å². The van der Waals surface area contributed by atoms with Gasteiger partial charge in [-0.2, -0.15) is 0 Å². The van der Waals surface area contributed by atoms with Crippen LogP contribution in [0.1, 0.15) is 6.42 Å². The van der Waals surface area contributed by atoms with Crippen molar-refractivity contribution in [1.82, 2.24) is 4.72 Å². The van der Waals surface area contributed by atoms with Crippen LogP contribution in [-0.4, -0.2) is 40.4 Å². The maximum Gasteiger partial charge on any atom is 0.306 e. The highest BCUT2D eigenvalue weighted by Gasteiger charge is 2.12. The second-order valence-corrected chi connectivity index (χ2v) is 5.85. The summed E-state index contributed by atoms with van der Waals surface area (Å²) >= 11 is 0. The smallest absolute Gasteiger partial charge is 0.306 e. The zero-order valence-electron chi connectivity index (χ0n) is 11.2. The fourth-order valence-electron chi connectivity index (χ4n) is 1.36. The number of hydrogen-bond donors (Lipinski definition) is 2. The summed E-state index contributed by atoms with van der Waals surface area (Å²) in [5, 5.41) is 0. The molecule has 1 rings (SSSR count). The zero-order chi connectivity index (χ0) is 15.0. The molecule has 3 N–H and O–H groups in total. The highest BCUT2D eigenvalue weighted by atomic mass is 32.2. The Bertz CT molecular complexity index is 545. The monoisotopic (exact) mass is 302 g/mol. The van der Waals surface area contributed by atoms with E-state index in [4.69, 9.17) is 10.5 Å². The maximum absolute atomic E-state index is 11.5. The molecule has 8 heteroatoms. The number of esters is 1. The van der Waals surface area contributed by atoms with Gasteiger partial charge in [0.2, 0.25) is 10.0 Å². The van der Waals surface area contributed by atoms with Gasteiger partial charge in [-0.05, 0) is 12.1 Å². The quantitative estimate of drug-likeness (QED) is 0.401. The molecule has 0 radical (unpaired) electrons. The number of sulfonamides is 1. The summed E-state index contributed by atoms with van der Waals surface area (Å²) in [7, 11) is -2.30. The molecule has 0 aliphatic heterocycles. The molecule has 112 valence electrons. The Morgan fingerprint density at radius 3 is 2.70 bits per heavy atom. The molecule has 0 fully saturated rings. The molecule has 7 nitrogen and oxygen atoms in total. The minimum absolute atomic E-state index is 0.0951. The van der Waals surface area contributed by atoms with Crippen molar-refractivity contribution in [2.24, 2.45) is 0 Å². The molecule has 0 spiro atoms. The van der Waals surface area contributed by atoms with Crippen molar-refractivity contribution in [3.8, 4) is 5.75 Å². The van der Waals surface area contributed by atoms with E-state index in [1.54, 1.807) is 24.3 Å². The molecule has 0 unspecified atom stereocenters. The summed E-state index contributed by atoms with van der Waals surface area (Å²) in [4.78, 5) is 10.9. The number of nitrogen functional groups attached to an aromatic ring is 1. The number of benzene rings is 1. The van der Waals surface area contributed by atoms with Crippen LogP contribution in [0.4, 0.5) is 5.69 Å².